The van der Waals surface area contributed by atoms with Crippen LogP contribution in [0.25, 0.3) is 33.7 Å². The van der Waals surface area contributed by atoms with Gasteiger partial charge in [-0.1, -0.05) is 36.7 Å². The molecule has 1 saturated carbocycles. The van der Waals surface area contributed by atoms with Crippen molar-refractivity contribution in [3.63, 3.8) is 0 Å². The summed E-state index contributed by atoms with van der Waals surface area (Å²) in [5.74, 6) is 1.16. The number of imidazole rings is 1. The standard InChI is InChI=1S/C32H36N8O2/c1-17(2)40-19(4)25(18(3)38-40)27-35-26-23(12-15-33-28(26)36-27)21-10-11-22-20(16-21)8-6-7-9-24(22)34-30(41)29-37-31(42-39-29)32(5)13-14-32/h10-12,15-17,24H,6-9,13-14H2,1-5H3,(H,34,41)(H,33,35,36)/t24-/m1/s1. The van der Waals surface area contributed by atoms with Gasteiger partial charge in [-0.2, -0.15) is 10.1 Å². The number of benzene rings is 1. The van der Waals surface area contributed by atoms with Gasteiger partial charge in [0, 0.05) is 28.9 Å². The van der Waals surface area contributed by atoms with E-state index < -0.39 is 0 Å². The van der Waals surface area contributed by atoms with Crippen molar-refractivity contribution < 1.29 is 9.32 Å². The molecule has 1 atom stereocenters. The summed E-state index contributed by atoms with van der Waals surface area (Å²) in [5, 5.41) is 11.9. The Hall–Kier alpha value is -4.34. The Labute approximate surface area is 244 Å². The summed E-state index contributed by atoms with van der Waals surface area (Å²) in [6.45, 7) is 10.5. The molecule has 0 spiro atoms. The number of hydrogen-bond acceptors (Lipinski definition) is 7. The number of aromatic amines is 1. The van der Waals surface area contributed by atoms with E-state index in [1.165, 1.54) is 5.56 Å². The SMILES string of the molecule is Cc1nn(C(C)C)c(C)c1-c1nc2nccc(-c3ccc4c(c3)CCCC[C@H]4NC(=O)c3noc(C4(C)CC4)n3)c2[nH]1. The van der Waals surface area contributed by atoms with E-state index in [0.29, 0.717) is 11.5 Å². The normalized spacial score (nSPS) is 17.8. The minimum absolute atomic E-state index is 0.0711. The maximum atomic E-state index is 13.1. The topological polar surface area (TPSA) is 127 Å². The maximum Gasteiger partial charge on any atom is 0.293 e. The molecule has 7 rings (SSSR count). The van der Waals surface area contributed by atoms with Crippen molar-refractivity contribution in [1.82, 2.24) is 40.2 Å². The third-order valence-corrected chi connectivity index (χ3v) is 8.91. The van der Waals surface area contributed by atoms with Crippen molar-refractivity contribution >= 4 is 17.1 Å². The summed E-state index contributed by atoms with van der Waals surface area (Å²) in [6, 6.07) is 8.72. The molecule has 1 fully saturated rings. The molecule has 4 aromatic heterocycles. The molecule has 0 radical (unpaired) electrons. The van der Waals surface area contributed by atoms with Crippen LogP contribution < -0.4 is 5.32 Å². The molecule has 5 aromatic rings. The number of rotatable bonds is 6. The quantitative estimate of drug-likeness (QED) is 0.231. The summed E-state index contributed by atoms with van der Waals surface area (Å²) >= 11 is 0. The van der Waals surface area contributed by atoms with Crippen LogP contribution in [0, 0.1) is 13.8 Å². The number of pyridine rings is 1. The largest absolute Gasteiger partial charge is 0.342 e. The number of hydrogen-bond donors (Lipinski definition) is 2. The molecule has 216 valence electrons. The number of carbonyl (C=O) groups excluding carboxylic acids is 1. The Bertz CT molecular complexity index is 1820. The van der Waals surface area contributed by atoms with E-state index in [0.717, 1.165) is 83.5 Å². The van der Waals surface area contributed by atoms with Gasteiger partial charge < -0.3 is 14.8 Å². The smallest absolute Gasteiger partial charge is 0.293 e. The molecule has 42 heavy (non-hydrogen) atoms. The zero-order chi connectivity index (χ0) is 29.2. The van der Waals surface area contributed by atoms with Crippen LogP contribution in [0.3, 0.4) is 0 Å². The second-order valence-corrected chi connectivity index (χ2v) is 12.4. The van der Waals surface area contributed by atoms with E-state index in [9.17, 15) is 4.79 Å². The zero-order valence-electron chi connectivity index (χ0n) is 24.8. The number of amides is 1. The fourth-order valence-electron chi connectivity index (χ4n) is 6.26. The lowest BCUT2D eigenvalue weighted by Crippen LogP contribution is -2.29. The first-order valence-corrected chi connectivity index (χ1v) is 14.9. The average Bonchev–Trinajstić information content (AvgIpc) is 3.28. The average molecular weight is 565 g/mol. The van der Waals surface area contributed by atoms with Gasteiger partial charge in [0.25, 0.3) is 11.7 Å². The summed E-state index contributed by atoms with van der Waals surface area (Å²) < 4.78 is 7.45. The molecule has 0 unspecified atom stereocenters. The molecule has 1 aromatic carbocycles. The Morgan fingerprint density at radius 3 is 2.76 bits per heavy atom. The number of nitrogens with one attached hydrogen (secondary N) is 2. The van der Waals surface area contributed by atoms with E-state index >= 15 is 0 Å². The van der Waals surface area contributed by atoms with Gasteiger partial charge in [-0.05, 0) is 82.6 Å². The van der Waals surface area contributed by atoms with Crippen molar-refractivity contribution in [2.45, 2.75) is 90.6 Å². The van der Waals surface area contributed by atoms with E-state index in [1.54, 1.807) is 0 Å². The van der Waals surface area contributed by atoms with Gasteiger partial charge in [0.1, 0.15) is 5.82 Å². The van der Waals surface area contributed by atoms with Crippen LogP contribution in [-0.4, -0.2) is 40.8 Å². The van der Waals surface area contributed by atoms with E-state index in [-0.39, 0.29) is 29.2 Å². The molecular weight excluding hydrogens is 528 g/mol. The highest BCUT2D eigenvalue weighted by molar-refractivity contribution is 5.92. The van der Waals surface area contributed by atoms with E-state index in [4.69, 9.17) is 14.6 Å². The van der Waals surface area contributed by atoms with Crippen LogP contribution in [0.1, 0.15) is 104 Å². The van der Waals surface area contributed by atoms with Crippen molar-refractivity contribution in [1.29, 1.82) is 0 Å². The predicted molar refractivity (Wildman–Crippen MR) is 159 cm³/mol. The highest BCUT2D eigenvalue weighted by Gasteiger charge is 2.45. The van der Waals surface area contributed by atoms with Gasteiger partial charge in [-0.3, -0.25) is 9.48 Å². The molecule has 1 amide bonds. The predicted octanol–water partition coefficient (Wildman–Crippen LogP) is 6.32. The van der Waals surface area contributed by atoms with Crippen molar-refractivity contribution in [3.8, 4) is 22.5 Å². The van der Waals surface area contributed by atoms with E-state index in [2.05, 4.69) is 71.3 Å². The maximum absolute atomic E-state index is 13.1. The molecule has 0 saturated heterocycles. The molecule has 2 aliphatic rings. The monoisotopic (exact) mass is 564 g/mol. The lowest BCUT2D eigenvalue weighted by molar-refractivity contribution is 0.0921. The van der Waals surface area contributed by atoms with Crippen LogP contribution in [0.2, 0.25) is 0 Å². The summed E-state index contributed by atoms with van der Waals surface area (Å²) in [7, 11) is 0. The minimum atomic E-state index is -0.289. The Balaban J connectivity index is 1.20. The molecule has 2 N–H and O–H groups in total. The Morgan fingerprint density at radius 2 is 2.00 bits per heavy atom. The second kappa shape index (κ2) is 9.89. The van der Waals surface area contributed by atoms with Crippen molar-refractivity contribution in [3.05, 3.63) is 64.7 Å². The number of H-pyrrole nitrogens is 1. The summed E-state index contributed by atoms with van der Waals surface area (Å²) in [6.07, 6.45) is 7.75. The highest BCUT2D eigenvalue weighted by atomic mass is 16.5. The summed E-state index contributed by atoms with van der Waals surface area (Å²) in [5.41, 5.74) is 9.08. The number of aryl methyl sites for hydroxylation is 2. The molecule has 0 bridgehead atoms. The number of nitrogens with zero attached hydrogens (tertiary/aromatic N) is 6. The Kier molecular flexibility index (Phi) is 6.25. The van der Waals surface area contributed by atoms with Gasteiger partial charge in [0.15, 0.2) is 5.65 Å². The second-order valence-electron chi connectivity index (χ2n) is 12.4. The number of aromatic nitrogens is 7. The first-order chi connectivity index (χ1) is 20.2. The highest BCUT2D eigenvalue weighted by Crippen LogP contribution is 2.46. The fourth-order valence-corrected chi connectivity index (χ4v) is 6.26. The number of fused-ring (bicyclic) bond motifs is 2. The first-order valence-electron chi connectivity index (χ1n) is 14.9. The lowest BCUT2D eigenvalue weighted by Gasteiger charge is -2.19. The molecular formula is C32H36N8O2. The van der Waals surface area contributed by atoms with Crippen molar-refractivity contribution in [2.75, 3.05) is 0 Å². The first kappa shape index (κ1) is 26.6. The molecule has 10 nitrogen and oxygen atoms in total. The molecule has 0 aliphatic heterocycles. The van der Waals surface area contributed by atoms with Crippen LogP contribution >= 0.6 is 0 Å². The lowest BCUT2D eigenvalue weighted by atomic mass is 9.94. The fraction of sp³-hybridized carbons (Fsp3) is 0.438. The van der Waals surface area contributed by atoms with Gasteiger partial charge in [-0.25, -0.2) is 9.97 Å². The zero-order valence-corrected chi connectivity index (χ0v) is 24.8. The van der Waals surface area contributed by atoms with Crippen LogP contribution in [0.15, 0.2) is 35.0 Å². The third kappa shape index (κ3) is 4.49. The van der Waals surface area contributed by atoms with Crippen LogP contribution in [0.5, 0.6) is 0 Å². The van der Waals surface area contributed by atoms with Gasteiger partial charge in [0.2, 0.25) is 5.89 Å². The van der Waals surface area contributed by atoms with Crippen LogP contribution in [0.4, 0.5) is 0 Å². The molecule has 4 heterocycles. The van der Waals surface area contributed by atoms with Gasteiger partial charge in [0.05, 0.1) is 22.8 Å². The minimum Gasteiger partial charge on any atom is -0.342 e. The van der Waals surface area contributed by atoms with Gasteiger partial charge in [-0.15, -0.1) is 0 Å². The summed E-state index contributed by atoms with van der Waals surface area (Å²) in [4.78, 5) is 30.5. The number of carbonyl (C=O) groups is 1. The van der Waals surface area contributed by atoms with Crippen molar-refractivity contribution in [2.24, 2.45) is 0 Å². The van der Waals surface area contributed by atoms with Crippen LogP contribution in [-0.2, 0) is 11.8 Å². The molecule has 10 heteroatoms. The third-order valence-electron chi connectivity index (χ3n) is 8.91. The van der Waals surface area contributed by atoms with E-state index in [1.807, 2.05) is 23.9 Å². The van der Waals surface area contributed by atoms with Gasteiger partial charge >= 0.3 is 0 Å². The Morgan fingerprint density at radius 1 is 1.17 bits per heavy atom. The molecule has 2 aliphatic carbocycles.